The Morgan fingerprint density at radius 2 is 2.12 bits per heavy atom. The lowest BCUT2D eigenvalue weighted by molar-refractivity contribution is 0.103. The third kappa shape index (κ3) is 3.19. The first-order valence-corrected chi connectivity index (χ1v) is 9.13. The van der Waals surface area contributed by atoms with Crippen molar-refractivity contribution in [1.82, 2.24) is 15.2 Å². The van der Waals surface area contributed by atoms with Crippen LogP contribution in [0.4, 0.5) is 5.13 Å². The molecule has 0 saturated heterocycles. The second-order valence-corrected chi connectivity index (χ2v) is 7.71. The van der Waals surface area contributed by atoms with Gasteiger partial charge in [-0.05, 0) is 29.8 Å². The van der Waals surface area contributed by atoms with Gasteiger partial charge in [0.1, 0.15) is 5.01 Å². The lowest BCUT2D eigenvalue weighted by atomic mass is 10.2. The molecule has 2 N–H and O–H groups in total. The number of rotatable bonds is 4. The van der Waals surface area contributed by atoms with Crippen LogP contribution in [0.5, 0.6) is 0 Å². The molecule has 24 heavy (non-hydrogen) atoms. The van der Waals surface area contributed by atoms with Crippen molar-refractivity contribution in [2.45, 2.75) is 6.42 Å². The molecule has 3 heterocycles. The molecule has 0 radical (unpaired) electrons. The van der Waals surface area contributed by atoms with Crippen molar-refractivity contribution < 1.29 is 4.79 Å². The highest BCUT2D eigenvalue weighted by atomic mass is 35.5. The van der Waals surface area contributed by atoms with E-state index in [2.05, 4.69) is 20.5 Å². The summed E-state index contributed by atoms with van der Waals surface area (Å²) in [7, 11) is 0. The fourth-order valence-electron chi connectivity index (χ4n) is 2.32. The van der Waals surface area contributed by atoms with Gasteiger partial charge in [-0.2, -0.15) is 0 Å². The van der Waals surface area contributed by atoms with Gasteiger partial charge in [0.05, 0.1) is 15.1 Å². The third-order valence-electron chi connectivity index (χ3n) is 3.39. The van der Waals surface area contributed by atoms with Crippen LogP contribution in [0.1, 0.15) is 20.2 Å². The number of anilines is 1. The molecule has 0 aliphatic heterocycles. The van der Waals surface area contributed by atoms with E-state index in [9.17, 15) is 4.79 Å². The molecule has 0 aliphatic rings. The van der Waals surface area contributed by atoms with Crippen molar-refractivity contribution in [3.63, 3.8) is 0 Å². The maximum Gasteiger partial charge on any atom is 0.267 e. The number of halogens is 1. The molecule has 0 saturated carbocycles. The van der Waals surface area contributed by atoms with Crippen molar-refractivity contribution in [2.24, 2.45) is 0 Å². The largest absolute Gasteiger partial charge is 0.360 e. The molecule has 0 atom stereocenters. The minimum absolute atomic E-state index is 0.171. The van der Waals surface area contributed by atoms with Crippen molar-refractivity contribution in [2.75, 3.05) is 5.32 Å². The molecule has 1 aromatic carbocycles. The number of nitrogens with one attached hydrogen (secondary N) is 2. The summed E-state index contributed by atoms with van der Waals surface area (Å²) in [6, 6.07) is 11.4. The number of H-pyrrole nitrogens is 1. The van der Waals surface area contributed by atoms with Gasteiger partial charge in [0.15, 0.2) is 0 Å². The Labute approximate surface area is 150 Å². The van der Waals surface area contributed by atoms with E-state index in [4.69, 9.17) is 11.6 Å². The van der Waals surface area contributed by atoms with Gasteiger partial charge in [-0.15, -0.1) is 21.5 Å². The Balaban J connectivity index is 1.46. The molecule has 5 nitrogen and oxygen atoms in total. The standard InChI is InChI=1S/C16H11ClN4OS2/c17-10-3-1-2-9(6-10)7-14-20-21-16(24-14)19-15(22)13-8-11-12(23-13)4-5-18-11/h1-6,8,18H,7H2,(H,19,21,22). The Bertz CT molecular complexity index is 991. The average molecular weight is 375 g/mol. The first-order chi connectivity index (χ1) is 11.7. The molecule has 1 amide bonds. The molecule has 0 fully saturated rings. The predicted molar refractivity (Wildman–Crippen MR) is 98.3 cm³/mol. The maximum atomic E-state index is 12.3. The minimum atomic E-state index is -0.171. The van der Waals surface area contributed by atoms with Crippen LogP contribution in [-0.2, 0) is 6.42 Å². The van der Waals surface area contributed by atoms with Crippen LogP contribution in [0.15, 0.2) is 42.6 Å². The van der Waals surface area contributed by atoms with Gasteiger partial charge in [0.2, 0.25) is 5.13 Å². The Kier molecular flexibility index (Phi) is 4.05. The lowest BCUT2D eigenvalue weighted by Gasteiger charge is -1.98. The highest BCUT2D eigenvalue weighted by Crippen LogP contribution is 2.26. The molecule has 0 bridgehead atoms. The number of carbonyl (C=O) groups is 1. The molecule has 3 aromatic heterocycles. The topological polar surface area (TPSA) is 70.7 Å². The summed E-state index contributed by atoms with van der Waals surface area (Å²) >= 11 is 8.79. The SMILES string of the molecule is O=C(Nc1nnc(Cc2cccc(Cl)c2)s1)c1cc2[nH]ccc2s1. The Morgan fingerprint density at radius 1 is 1.21 bits per heavy atom. The molecule has 0 unspecified atom stereocenters. The van der Waals surface area contributed by atoms with E-state index < -0.39 is 0 Å². The van der Waals surface area contributed by atoms with Gasteiger partial charge in [0, 0.05) is 17.6 Å². The predicted octanol–water partition coefficient (Wildman–Crippen LogP) is 4.58. The number of nitrogens with zero attached hydrogens (tertiary/aromatic N) is 2. The summed E-state index contributed by atoms with van der Waals surface area (Å²) in [6.07, 6.45) is 2.49. The number of aromatic amines is 1. The first-order valence-electron chi connectivity index (χ1n) is 7.12. The van der Waals surface area contributed by atoms with Crippen LogP contribution < -0.4 is 5.32 Å². The average Bonchev–Trinajstić information content (AvgIpc) is 3.23. The lowest BCUT2D eigenvalue weighted by Crippen LogP contribution is -2.09. The van der Waals surface area contributed by atoms with Crippen LogP contribution in [0.2, 0.25) is 5.02 Å². The van der Waals surface area contributed by atoms with E-state index in [0.29, 0.717) is 21.5 Å². The number of thiophene rings is 1. The number of amides is 1. The normalized spacial score (nSPS) is 11.0. The van der Waals surface area contributed by atoms with Gasteiger partial charge in [-0.1, -0.05) is 35.1 Å². The summed E-state index contributed by atoms with van der Waals surface area (Å²) < 4.78 is 1.05. The summed E-state index contributed by atoms with van der Waals surface area (Å²) in [4.78, 5) is 16.0. The van der Waals surface area contributed by atoms with Gasteiger partial charge in [-0.25, -0.2) is 0 Å². The molecule has 0 aliphatic carbocycles. The number of benzene rings is 1. The highest BCUT2D eigenvalue weighted by molar-refractivity contribution is 7.21. The fraction of sp³-hybridized carbons (Fsp3) is 0.0625. The summed E-state index contributed by atoms with van der Waals surface area (Å²) in [6.45, 7) is 0. The molecule has 120 valence electrons. The molecule has 4 rings (SSSR count). The van der Waals surface area contributed by atoms with Crippen LogP contribution in [0.25, 0.3) is 10.2 Å². The molecular weight excluding hydrogens is 364 g/mol. The maximum absolute atomic E-state index is 12.3. The monoisotopic (exact) mass is 374 g/mol. The molecule has 0 spiro atoms. The minimum Gasteiger partial charge on any atom is -0.360 e. The van der Waals surface area contributed by atoms with Crippen molar-refractivity contribution >= 4 is 55.5 Å². The number of hydrogen-bond acceptors (Lipinski definition) is 5. The Hall–Kier alpha value is -2.22. The number of aromatic nitrogens is 3. The van der Waals surface area contributed by atoms with Gasteiger partial charge < -0.3 is 4.98 Å². The summed E-state index contributed by atoms with van der Waals surface area (Å²) in [5.41, 5.74) is 2.02. The fourth-order valence-corrected chi connectivity index (χ4v) is 4.22. The highest BCUT2D eigenvalue weighted by Gasteiger charge is 2.14. The second-order valence-electron chi connectivity index (χ2n) is 5.13. The van der Waals surface area contributed by atoms with E-state index in [1.54, 1.807) is 0 Å². The molecular formula is C16H11ClN4OS2. The molecule has 8 heteroatoms. The number of carbonyl (C=O) groups excluding carboxylic acids is 1. The second kappa shape index (κ2) is 6.35. The van der Waals surface area contributed by atoms with Crippen LogP contribution >= 0.6 is 34.3 Å². The van der Waals surface area contributed by atoms with Crippen molar-refractivity contribution in [3.05, 3.63) is 63.1 Å². The number of hydrogen-bond donors (Lipinski definition) is 2. The van der Waals surface area contributed by atoms with Gasteiger partial charge >= 0.3 is 0 Å². The third-order valence-corrected chi connectivity index (χ3v) is 5.56. The zero-order valence-electron chi connectivity index (χ0n) is 12.2. The number of fused-ring (bicyclic) bond motifs is 1. The van der Waals surface area contributed by atoms with Gasteiger partial charge in [-0.3, -0.25) is 10.1 Å². The zero-order chi connectivity index (χ0) is 16.5. The van der Waals surface area contributed by atoms with Gasteiger partial charge in [0.25, 0.3) is 5.91 Å². The van der Waals surface area contributed by atoms with Crippen molar-refractivity contribution in [1.29, 1.82) is 0 Å². The van der Waals surface area contributed by atoms with Crippen molar-refractivity contribution in [3.8, 4) is 0 Å². The Morgan fingerprint density at radius 3 is 2.96 bits per heavy atom. The van der Waals surface area contributed by atoms with Crippen LogP contribution in [0.3, 0.4) is 0 Å². The van der Waals surface area contributed by atoms with E-state index in [-0.39, 0.29) is 5.91 Å². The van der Waals surface area contributed by atoms with E-state index in [1.807, 2.05) is 42.6 Å². The summed E-state index contributed by atoms with van der Waals surface area (Å²) in [5, 5.41) is 13.0. The van der Waals surface area contributed by atoms with E-state index in [0.717, 1.165) is 20.8 Å². The zero-order valence-corrected chi connectivity index (χ0v) is 14.6. The molecule has 4 aromatic rings. The quantitative estimate of drug-likeness (QED) is 0.549. The van der Waals surface area contributed by atoms with E-state index in [1.165, 1.54) is 22.7 Å². The van der Waals surface area contributed by atoms with Crippen LogP contribution in [0, 0.1) is 0 Å². The first kappa shape index (κ1) is 15.3. The van der Waals surface area contributed by atoms with Crippen LogP contribution in [-0.4, -0.2) is 21.1 Å². The summed E-state index contributed by atoms with van der Waals surface area (Å²) in [5.74, 6) is -0.171. The van der Waals surface area contributed by atoms with E-state index >= 15 is 0 Å². The smallest absolute Gasteiger partial charge is 0.267 e.